The Morgan fingerprint density at radius 2 is 1.89 bits per heavy atom. The number of thioether (sulfide) groups is 1. The van der Waals surface area contributed by atoms with Gasteiger partial charge in [0.15, 0.2) is 0 Å². The molecule has 1 amide bonds. The molecule has 4 nitrogen and oxygen atoms in total. The van der Waals surface area contributed by atoms with E-state index in [1.54, 1.807) is 0 Å². The summed E-state index contributed by atoms with van der Waals surface area (Å²) >= 11 is 4.80. The molecule has 0 fully saturated rings. The minimum atomic E-state index is -0.918. The Kier molecular flexibility index (Phi) is 5.87. The summed E-state index contributed by atoms with van der Waals surface area (Å²) in [6.45, 7) is 3.78. The Morgan fingerprint density at radius 3 is 2.42 bits per heavy atom. The van der Waals surface area contributed by atoms with E-state index in [4.69, 9.17) is 5.11 Å². The third kappa shape index (κ3) is 5.65. The number of nitrogens with one attached hydrogen (secondary N) is 1. The Labute approximate surface area is 125 Å². The van der Waals surface area contributed by atoms with Crippen LogP contribution in [0.4, 0.5) is 0 Å². The molecule has 0 spiro atoms. The number of hydrogen-bond acceptors (Lipinski definition) is 3. The Morgan fingerprint density at radius 1 is 1.32 bits per heavy atom. The van der Waals surface area contributed by atoms with Crippen molar-refractivity contribution in [2.75, 3.05) is 6.54 Å². The van der Waals surface area contributed by atoms with Crippen LogP contribution in [0.3, 0.4) is 0 Å². The third-order valence-electron chi connectivity index (χ3n) is 2.36. The Hall–Kier alpha value is -1.01. The molecule has 0 atom stereocenters. The molecule has 0 unspecified atom stereocenters. The second-order valence-corrected chi connectivity index (χ2v) is 7.08. The first kappa shape index (κ1) is 16.0. The SMILES string of the molecule is CC(C)(Sc1ccc(Br)cc1)C(=O)NCCC(=O)O. The van der Waals surface area contributed by atoms with Crippen LogP contribution in [0.5, 0.6) is 0 Å². The minimum absolute atomic E-state index is 0.0647. The first-order valence-corrected chi connectivity index (χ1v) is 7.37. The molecule has 1 aromatic rings. The summed E-state index contributed by atoms with van der Waals surface area (Å²) in [5.41, 5.74) is 0. The van der Waals surface area contributed by atoms with Crippen molar-refractivity contribution < 1.29 is 14.7 Å². The molecular weight excluding hydrogens is 330 g/mol. The normalized spacial score (nSPS) is 11.1. The van der Waals surface area contributed by atoms with Crippen LogP contribution in [-0.4, -0.2) is 28.3 Å². The molecule has 104 valence electrons. The molecule has 0 heterocycles. The molecule has 0 aliphatic rings. The van der Waals surface area contributed by atoms with E-state index in [-0.39, 0.29) is 18.9 Å². The van der Waals surface area contributed by atoms with Gasteiger partial charge in [0.2, 0.25) is 5.91 Å². The van der Waals surface area contributed by atoms with E-state index in [1.807, 2.05) is 38.1 Å². The van der Waals surface area contributed by atoms with Gasteiger partial charge in [0.1, 0.15) is 0 Å². The monoisotopic (exact) mass is 345 g/mol. The lowest BCUT2D eigenvalue weighted by molar-refractivity contribution is -0.136. The standard InChI is InChI=1S/C13H16BrNO3S/c1-13(2,12(18)15-8-7-11(16)17)19-10-5-3-9(14)4-6-10/h3-6H,7-8H2,1-2H3,(H,15,18)(H,16,17). The van der Waals surface area contributed by atoms with Gasteiger partial charge in [-0.15, -0.1) is 11.8 Å². The van der Waals surface area contributed by atoms with E-state index in [2.05, 4.69) is 21.2 Å². The zero-order valence-corrected chi connectivity index (χ0v) is 13.2. The van der Waals surface area contributed by atoms with Crippen molar-refractivity contribution in [2.45, 2.75) is 29.9 Å². The molecule has 1 aromatic carbocycles. The number of halogens is 1. The molecule has 0 saturated heterocycles. The van der Waals surface area contributed by atoms with Gasteiger partial charge in [-0.3, -0.25) is 9.59 Å². The predicted octanol–water partition coefficient (Wildman–Crippen LogP) is 2.91. The van der Waals surface area contributed by atoms with Crippen molar-refractivity contribution in [3.8, 4) is 0 Å². The largest absolute Gasteiger partial charge is 0.481 e. The maximum atomic E-state index is 12.0. The average Bonchev–Trinajstić information content (AvgIpc) is 2.31. The molecule has 0 aliphatic heterocycles. The van der Waals surface area contributed by atoms with Gasteiger partial charge in [0.25, 0.3) is 0 Å². The highest BCUT2D eigenvalue weighted by molar-refractivity contribution is 9.10. The fraction of sp³-hybridized carbons (Fsp3) is 0.385. The molecule has 0 radical (unpaired) electrons. The third-order valence-corrected chi connectivity index (χ3v) is 4.09. The highest BCUT2D eigenvalue weighted by Crippen LogP contribution is 2.33. The Bertz CT molecular complexity index is 459. The van der Waals surface area contributed by atoms with Gasteiger partial charge in [-0.25, -0.2) is 0 Å². The van der Waals surface area contributed by atoms with Crippen molar-refractivity contribution in [1.29, 1.82) is 0 Å². The van der Waals surface area contributed by atoms with E-state index >= 15 is 0 Å². The summed E-state index contributed by atoms with van der Waals surface area (Å²) in [4.78, 5) is 23.4. The molecule has 19 heavy (non-hydrogen) atoms. The number of hydrogen-bond donors (Lipinski definition) is 2. The zero-order chi connectivity index (χ0) is 14.5. The van der Waals surface area contributed by atoms with Crippen LogP contribution in [0.15, 0.2) is 33.6 Å². The molecular formula is C13H16BrNO3S. The zero-order valence-electron chi connectivity index (χ0n) is 10.8. The van der Waals surface area contributed by atoms with E-state index in [9.17, 15) is 9.59 Å². The summed E-state index contributed by atoms with van der Waals surface area (Å²) in [5, 5.41) is 11.2. The van der Waals surface area contributed by atoms with Gasteiger partial charge in [-0.1, -0.05) is 15.9 Å². The van der Waals surface area contributed by atoms with Crippen LogP contribution in [0.1, 0.15) is 20.3 Å². The van der Waals surface area contributed by atoms with Gasteiger partial charge in [0, 0.05) is 15.9 Å². The number of rotatable bonds is 6. The highest BCUT2D eigenvalue weighted by atomic mass is 79.9. The second kappa shape index (κ2) is 6.96. The van der Waals surface area contributed by atoms with E-state index in [0.29, 0.717) is 0 Å². The highest BCUT2D eigenvalue weighted by Gasteiger charge is 2.28. The van der Waals surface area contributed by atoms with E-state index in [1.165, 1.54) is 11.8 Å². The summed E-state index contributed by atoms with van der Waals surface area (Å²) < 4.78 is 0.340. The number of amides is 1. The number of aliphatic carboxylic acids is 1. The number of carbonyl (C=O) groups is 2. The van der Waals surface area contributed by atoms with Crippen molar-refractivity contribution >= 4 is 39.6 Å². The number of carboxylic acid groups (broad SMARTS) is 1. The first-order chi connectivity index (χ1) is 8.81. The minimum Gasteiger partial charge on any atom is -0.481 e. The lowest BCUT2D eigenvalue weighted by Gasteiger charge is -2.22. The fourth-order valence-electron chi connectivity index (χ4n) is 1.34. The van der Waals surface area contributed by atoms with Crippen LogP contribution in [0.2, 0.25) is 0 Å². The number of carboxylic acids is 1. The van der Waals surface area contributed by atoms with Gasteiger partial charge in [0.05, 0.1) is 11.2 Å². The van der Waals surface area contributed by atoms with E-state index in [0.717, 1.165) is 9.37 Å². The second-order valence-electron chi connectivity index (χ2n) is 4.47. The molecule has 6 heteroatoms. The van der Waals surface area contributed by atoms with Crippen molar-refractivity contribution in [2.24, 2.45) is 0 Å². The van der Waals surface area contributed by atoms with Crippen LogP contribution in [0.25, 0.3) is 0 Å². The number of carbonyl (C=O) groups excluding carboxylic acids is 1. The van der Waals surface area contributed by atoms with Crippen LogP contribution < -0.4 is 5.32 Å². The van der Waals surface area contributed by atoms with Crippen LogP contribution in [-0.2, 0) is 9.59 Å². The summed E-state index contributed by atoms with van der Waals surface area (Å²) in [6.07, 6.45) is -0.0647. The summed E-state index contributed by atoms with van der Waals surface area (Å²) in [6, 6.07) is 7.70. The molecule has 0 bridgehead atoms. The Balaban J connectivity index is 2.56. The molecule has 0 aromatic heterocycles. The molecule has 2 N–H and O–H groups in total. The molecule has 0 aliphatic carbocycles. The van der Waals surface area contributed by atoms with E-state index < -0.39 is 10.7 Å². The maximum absolute atomic E-state index is 12.0. The number of benzene rings is 1. The molecule has 0 saturated carbocycles. The van der Waals surface area contributed by atoms with Gasteiger partial charge >= 0.3 is 5.97 Å². The molecule has 1 rings (SSSR count). The van der Waals surface area contributed by atoms with Crippen LogP contribution in [0, 0.1) is 0 Å². The summed E-state index contributed by atoms with van der Waals surface area (Å²) in [7, 11) is 0. The smallest absolute Gasteiger partial charge is 0.305 e. The first-order valence-electron chi connectivity index (χ1n) is 5.76. The average molecular weight is 346 g/mol. The predicted molar refractivity (Wildman–Crippen MR) is 79.3 cm³/mol. The van der Waals surface area contributed by atoms with Gasteiger partial charge in [-0.2, -0.15) is 0 Å². The fourth-order valence-corrected chi connectivity index (χ4v) is 2.63. The van der Waals surface area contributed by atoms with Crippen molar-refractivity contribution in [3.05, 3.63) is 28.7 Å². The van der Waals surface area contributed by atoms with Gasteiger partial charge < -0.3 is 10.4 Å². The quantitative estimate of drug-likeness (QED) is 0.778. The summed E-state index contributed by atoms with van der Waals surface area (Å²) in [5.74, 6) is -1.08. The topological polar surface area (TPSA) is 66.4 Å². The lowest BCUT2D eigenvalue weighted by atomic mass is 10.2. The van der Waals surface area contributed by atoms with Crippen molar-refractivity contribution in [3.63, 3.8) is 0 Å². The lowest BCUT2D eigenvalue weighted by Crippen LogP contribution is -2.40. The van der Waals surface area contributed by atoms with Crippen LogP contribution >= 0.6 is 27.7 Å². The maximum Gasteiger partial charge on any atom is 0.305 e. The van der Waals surface area contributed by atoms with Crippen molar-refractivity contribution in [1.82, 2.24) is 5.32 Å². The van der Waals surface area contributed by atoms with Gasteiger partial charge in [-0.05, 0) is 38.1 Å².